The Morgan fingerprint density at radius 1 is 1.05 bits per heavy atom. The fourth-order valence-corrected chi connectivity index (χ4v) is 3.00. The zero-order valence-electron chi connectivity index (χ0n) is 12.5. The minimum Gasteiger partial charge on any atom is -0.207 e. The van der Waals surface area contributed by atoms with Gasteiger partial charge in [0.25, 0.3) is 0 Å². The molecule has 108 valence electrons. The number of hydrogen-bond donors (Lipinski definition) is 0. The molecule has 0 radical (unpaired) electrons. The smallest absolute Gasteiger partial charge is 0.123 e. The topological polar surface area (TPSA) is 0 Å². The van der Waals surface area contributed by atoms with E-state index in [1.54, 1.807) is 12.1 Å². The molecule has 1 aromatic rings. The Morgan fingerprint density at radius 3 is 2.40 bits per heavy atom. The van der Waals surface area contributed by atoms with Gasteiger partial charge < -0.3 is 0 Å². The standard InChI is InChI=1S/C19H25F/c1-2-3-4-5-16-6-8-17(9-7-16)10-11-18-12-14-19(20)15-13-18/h12-17H,2-9H2,1H3/t16-,17-. The van der Waals surface area contributed by atoms with Gasteiger partial charge in [-0.05, 0) is 55.9 Å². The lowest BCUT2D eigenvalue weighted by molar-refractivity contribution is 0.294. The van der Waals surface area contributed by atoms with E-state index in [2.05, 4.69) is 18.8 Å². The van der Waals surface area contributed by atoms with Gasteiger partial charge in [0.15, 0.2) is 0 Å². The van der Waals surface area contributed by atoms with Gasteiger partial charge in [-0.2, -0.15) is 0 Å². The third kappa shape index (κ3) is 5.00. The van der Waals surface area contributed by atoms with Crippen LogP contribution in [-0.4, -0.2) is 0 Å². The first-order valence-corrected chi connectivity index (χ1v) is 8.05. The van der Waals surface area contributed by atoms with E-state index >= 15 is 0 Å². The molecular formula is C19H25F. The maximum absolute atomic E-state index is 12.8. The van der Waals surface area contributed by atoms with Gasteiger partial charge in [-0.15, -0.1) is 0 Å². The lowest BCUT2D eigenvalue weighted by Crippen LogP contribution is -2.13. The molecule has 0 heterocycles. The van der Waals surface area contributed by atoms with Crippen molar-refractivity contribution in [3.8, 4) is 11.8 Å². The van der Waals surface area contributed by atoms with Crippen molar-refractivity contribution in [2.45, 2.75) is 58.3 Å². The maximum Gasteiger partial charge on any atom is 0.123 e. The zero-order valence-corrected chi connectivity index (χ0v) is 12.5. The quantitative estimate of drug-likeness (QED) is 0.497. The Balaban J connectivity index is 1.76. The van der Waals surface area contributed by atoms with E-state index in [1.807, 2.05) is 0 Å². The van der Waals surface area contributed by atoms with Crippen LogP contribution in [0.15, 0.2) is 24.3 Å². The highest BCUT2D eigenvalue weighted by molar-refractivity contribution is 5.34. The summed E-state index contributed by atoms with van der Waals surface area (Å²) < 4.78 is 12.8. The average Bonchev–Trinajstić information content (AvgIpc) is 2.48. The first-order chi connectivity index (χ1) is 9.78. The van der Waals surface area contributed by atoms with Gasteiger partial charge in [0.2, 0.25) is 0 Å². The Kier molecular flexibility index (Phi) is 6.12. The van der Waals surface area contributed by atoms with Crippen molar-refractivity contribution < 1.29 is 4.39 Å². The molecule has 0 amide bonds. The SMILES string of the molecule is CCCCC[C@H]1CC[C@H](C#Cc2ccc(F)cc2)CC1. The monoisotopic (exact) mass is 272 g/mol. The summed E-state index contributed by atoms with van der Waals surface area (Å²) in [5.74, 6) is 7.85. The summed E-state index contributed by atoms with van der Waals surface area (Å²) in [6.07, 6.45) is 10.7. The average molecular weight is 272 g/mol. The van der Waals surface area contributed by atoms with Crippen LogP contribution in [0.25, 0.3) is 0 Å². The molecule has 1 saturated carbocycles. The Bertz CT molecular complexity index is 441. The number of benzene rings is 1. The van der Waals surface area contributed by atoms with Crippen molar-refractivity contribution in [1.82, 2.24) is 0 Å². The van der Waals surface area contributed by atoms with E-state index in [1.165, 1.54) is 63.5 Å². The predicted octanol–water partition coefficient (Wildman–Crippen LogP) is 5.56. The van der Waals surface area contributed by atoms with Crippen molar-refractivity contribution in [3.05, 3.63) is 35.6 Å². The molecule has 1 aliphatic carbocycles. The van der Waals surface area contributed by atoms with Gasteiger partial charge in [-0.1, -0.05) is 44.4 Å². The third-order valence-electron chi connectivity index (χ3n) is 4.33. The van der Waals surface area contributed by atoms with Crippen molar-refractivity contribution in [2.24, 2.45) is 11.8 Å². The van der Waals surface area contributed by atoms with Crippen LogP contribution in [0.5, 0.6) is 0 Å². The zero-order chi connectivity index (χ0) is 14.2. The van der Waals surface area contributed by atoms with E-state index < -0.39 is 0 Å². The molecule has 1 aromatic carbocycles. The second kappa shape index (κ2) is 8.10. The molecule has 1 fully saturated rings. The largest absolute Gasteiger partial charge is 0.207 e. The van der Waals surface area contributed by atoms with Crippen LogP contribution < -0.4 is 0 Å². The molecule has 0 spiro atoms. The first kappa shape index (κ1) is 15.1. The summed E-state index contributed by atoms with van der Waals surface area (Å²) in [7, 11) is 0. The van der Waals surface area contributed by atoms with Gasteiger partial charge in [0, 0.05) is 11.5 Å². The molecule has 0 aliphatic heterocycles. The molecule has 20 heavy (non-hydrogen) atoms. The Morgan fingerprint density at radius 2 is 1.75 bits per heavy atom. The van der Waals surface area contributed by atoms with Gasteiger partial charge >= 0.3 is 0 Å². The van der Waals surface area contributed by atoms with Crippen molar-refractivity contribution in [1.29, 1.82) is 0 Å². The molecule has 1 heteroatoms. The summed E-state index contributed by atoms with van der Waals surface area (Å²) in [6, 6.07) is 6.49. The minimum absolute atomic E-state index is 0.192. The van der Waals surface area contributed by atoms with Crippen LogP contribution >= 0.6 is 0 Å². The second-order valence-corrected chi connectivity index (χ2v) is 5.99. The first-order valence-electron chi connectivity index (χ1n) is 8.05. The summed E-state index contributed by atoms with van der Waals surface area (Å²) in [4.78, 5) is 0. The van der Waals surface area contributed by atoms with Crippen LogP contribution in [-0.2, 0) is 0 Å². The maximum atomic E-state index is 12.8. The highest BCUT2D eigenvalue weighted by Crippen LogP contribution is 2.31. The predicted molar refractivity (Wildman–Crippen MR) is 82.9 cm³/mol. The van der Waals surface area contributed by atoms with E-state index in [9.17, 15) is 4.39 Å². The minimum atomic E-state index is -0.192. The summed E-state index contributed by atoms with van der Waals surface area (Å²) in [5.41, 5.74) is 0.927. The van der Waals surface area contributed by atoms with E-state index in [4.69, 9.17) is 0 Å². The third-order valence-corrected chi connectivity index (χ3v) is 4.33. The van der Waals surface area contributed by atoms with E-state index in [0.29, 0.717) is 5.92 Å². The van der Waals surface area contributed by atoms with E-state index in [-0.39, 0.29) is 5.82 Å². The van der Waals surface area contributed by atoms with Crippen LogP contribution in [0.1, 0.15) is 63.9 Å². The molecule has 0 unspecified atom stereocenters. The Hall–Kier alpha value is -1.29. The molecule has 0 atom stereocenters. The number of hydrogen-bond acceptors (Lipinski definition) is 0. The van der Waals surface area contributed by atoms with Crippen LogP contribution in [0.4, 0.5) is 4.39 Å². The van der Waals surface area contributed by atoms with Crippen molar-refractivity contribution in [2.75, 3.05) is 0 Å². The highest BCUT2D eigenvalue weighted by Gasteiger charge is 2.19. The van der Waals surface area contributed by atoms with Gasteiger partial charge in [0.1, 0.15) is 5.82 Å². The normalized spacial score (nSPS) is 22.1. The molecule has 0 N–H and O–H groups in total. The number of rotatable bonds is 4. The summed E-state index contributed by atoms with van der Waals surface area (Å²) in [6.45, 7) is 2.27. The molecule has 0 aromatic heterocycles. The Labute approximate surface area is 122 Å². The number of unbranched alkanes of at least 4 members (excludes halogenated alkanes) is 2. The molecule has 0 saturated heterocycles. The lowest BCUT2D eigenvalue weighted by atomic mass is 9.80. The summed E-state index contributed by atoms with van der Waals surface area (Å²) in [5, 5.41) is 0. The van der Waals surface area contributed by atoms with Gasteiger partial charge in [0.05, 0.1) is 0 Å². The van der Waals surface area contributed by atoms with Crippen molar-refractivity contribution in [3.63, 3.8) is 0 Å². The summed E-state index contributed by atoms with van der Waals surface area (Å²) >= 11 is 0. The highest BCUT2D eigenvalue weighted by atomic mass is 19.1. The molecule has 0 bridgehead atoms. The second-order valence-electron chi connectivity index (χ2n) is 5.99. The van der Waals surface area contributed by atoms with Gasteiger partial charge in [-0.25, -0.2) is 4.39 Å². The van der Waals surface area contributed by atoms with E-state index in [0.717, 1.165) is 11.5 Å². The van der Waals surface area contributed by atoms with Crippen molar-refractivity contribution >= 4 is 0 Å². The van der Waals surface area contributed by atoms with Gasteiger partial charge in [-0.3, -0.25) is 0 Å². The molecule has 1 aliphatic rings. The van der Waals surface area contributed by atoms with Crippen LogP contribution in [0.3, 0.4) is 0 Å². The molecule has 0 nitrogen and oxygen atoms in total. The molecular weight excluding hydrogens is 247 g/mol. The molecule has 2 rings (SSSR count). The fraction of sp³-hybridized carbons (Fsp3) is 0.579. The number of halogens is 1. The lowest BCUT2D eigenvalue weighted by Gasteiger charge is -2.25. The fourth-order valence-electron chi connectivity index (χ4n) is 3.00. The van der Waals surface area contributed by atoms with Crippen LogP contribution in [0, 0.1) is 29.5 Å². The van der Waals surface area contributed by atoms with Crippen LogP contribution in [0.2, 0.25) is 0 Å².